The zero-order chi connectivity index (χ0) is 19.5. The molecule has 144 valence electrons. The molecule has 2 aromatic rings. The Morgan fingerprint density at radius 3 is 2.26 bits per heavy atom. The number of benzene rings is 2. The Balaban J connectivity index is 1.61. The molecule has 27 heavy (non-hydrogen) atoms. The van der Waals surface area contributed by atoms with E-state index in [-0.39, 0.29) is 10.8 Å². The number of amides is 1. The van der Waals surface area contributed by atoms with Crippen LogP contribution in [0.5, 0.6) is 0 Å². The lowest BCUT2D eigenvalue weighted by Gasteiger charge is -2.37. The Morgan fingerprint density at radius 2 is 1.67 bits per heavy atom. The molecule has 0 radical (unpaired) electrons. The predicted molar refractivity (Wildman–Crippen MR) is 109 cm³/mol. The molecule has 7 heteroatoms. The standard InChI is InChI=1S/C20H23BrN2O3S/c1-20(19(24)22-15-16-5-3-2-4-6-16)11-13-23(14-12-20)27(25,26)18-9-7-17(21)8-10-18/h2-10H,11-15H2,1H3,(H,22,24). The first kappa shape index (κ1) is 20.0. The highest BCUT2D eigenvalue weighted by atomic mass is 79.9. The normalized spacial score (nSPS) is 17.4. The van der Waals surface area contributed by atoms with Gasteiger partial charge in [0.15, 0.2) is 0 Å². The van der Waals surface area contributed by atoms with Crippen molar-refractivity contribution in [3.8, 4) is 0 Å². The molecule has 0 unspecified atom stereocenters. The molecule has 1 saturated heterocycles. The van der Waals surface area contributed by atoms with E-state index < -0.39 is 15.4 Å². The summed E-state index contributed by atoms with van der Waals surface area (Å²) in [5.41, 5.74) is 0.491. The summed E-state index contributed by atoms with van der Waals surface area (Å²) in [7, 11) is -3.53. The number of nitrogens with one attached hydrogen (secondary N) is 1. The summed E-state index contributed by atoms with van der Waals surface area (Å²) >= 11 is 3.32. The quantitative estimate of drug-likeness (QED) is 0.756. The van der Waals surface area contributed by atoms with Crippen LogP contribution in [0.3, 0.4) is 0 Å². The molecule has 0 bridgehead atoms. The van der Waals surface area contributed by atoms with Gasteiger partial charge in [0.25, 0.3) is 0 Å². The van der Waals surface area contributed by atoms with Gasteiger partial charge >= 0.3 is 0 Å². The minimum atomic E-state index is -3.53. The van der Waals surface area contributed by atoms with E-state index in [4.69, 9.17) is 0 Å². The van der Waals surface area contributed by atoms with Crippen LogP contribution >= 0.6 is 15.9 Å². The van der Waals surface area contributed by atoms with Crippen LogP contribution in [0.1, 0.15) is 25.3 Å². The molecule has 1 amide bonds. The van der Waals surface area contributed by atoms with Gasteiger partial charge in [-0.05, 0) is 42.7 Å². The first-order valence-electron chi connectivity index (χ1n) is 8.89. The van der Waals surface area contributed by atoms with Crippen LogP contribution in [0, 0.1) is 5.41 Å². The van der Waals surface area contributed by atoms with Gasteiger partial charge in [-0.2, -0.15) is 4.31 Å². The average molecular weight is 451 g/mol. The highest BCUT2D eigenvalue weighted by molar-refractivity contribution is 9.10. The van der Waals surface area contributed by atoms with Crippen LogP contribution in [-0.4, -0.2) is 31.7 Å². The Morgan fingerprint density at radius 1 is 1.07 bits per heavy atom. The number of carbonyl (C=O) groups excluding carboxylic acids is 1. The molecule has 0 atom stereocenters. The number of hydrogen-bond acceptors (Lipinski definition) is 3. The maximum Gasteiger partial charge on any atom is 0.243 e. The third kappa shape index (κ3) is 4.59. The molecule has 1 N–H and O–H groups in total. The minimum Gasteiger partial charge on any atom is -0.352 e. The van der Waals surface area contributed by atoms with Crippen molar-refractivity contribution in [2.75, 3.05) is 13.1 Å². The van der Waals surface area contributed by atoms with Crippen molar-refractivity contribution in [2.24, 2.45) is 5.41 Å². The van der Waals surface area contributed by atoms with Gasteiger partial charge in [-0.25, -0.2) is 8.42 Å². The molecule has 0 aliphatic carbocycles. The summed E-state index contributed by atoms with van der Waals surface area (Å²) in [5, 5.41) is 2.99. The molecule has 1 fully saturated rings. The van der Waals surface area contributed by atoms with Crippen LogP contribution in [0.15, 0.2) is 64.0 Å². The fourth-order valence-corrected chi connectivity index (χ4v) is 4.90. The van der Waals surface area contributed by atoms with Crippen molar-refractivity contribution in [1.82, 2.24) is 9.62 Å². The van der Waals surface area contributed by atoms with Crippen LogP contribution in [-0.2, 0) is 21.4 Å². The van der Waals surface area contributed by atoms with E-state index in [9.17, 15) is 13.2 Å². The molecule has 3 rings (SSSR count). The third-order valence-electron chi connectivity index (χ3n) is 5.12. The van der Waals surface area contributed by atoms with Crippen molar-refractivity contribution >= 4 is 31.9 Å². The van der Waals surface area contributed by atoms with Crippen LogP contribution < -0.4 is 5.32 Å². The monoisotopic (exact) mass is 450 g/mol. The number of rotatable bonds is 5. The maximum atomic E-state index is 12.8. The van der Waals surface area contributed by atoms with Crippen molar-refractivity contribution in [3.05, 3.63) is 64.6 Å². The minimum absolute atomic E-state index is 0.0213. The summed E-state index contributed by atoms with van der Waals surface area (Å²) in [4.78, 5) is 13.0. The molecular weight excluding hydrogens is 428 g/mol. The number of piperidine rings is 1. The van der Waals surface area contributed by atoms with Gasteiger partial charge < -0.3 is 5.32 Å². The topological polar surface area (TPSA) is 66.5 Å². The number of halogens is 1. The summed E-state index contributed by atoms with van der Waals surface area (Å²) in [6.45, 7) is 3.08. The second-order valence-electron chi connectivity index (χ2n) is 7.09. The summed E-state index contributed by atoms with van der Waals surface area (Å²) in [6.07, 6.45) is 1.01. The predicted octanol–water partition coefficient (Wildman–Crippen LogP) is 3.56. The number of nitrogens with zero attached hydrogens (tertiary/aromatic N) is 1. The first-order chi connectivity index (χ1) is 12.8. The number of sulfonamides is 1. The van der Waals surface area contributed by atoms with Gasteiger partial charge in [-0.1, -0.05) is 53.2 Å². The molecule has 2 aromatic carbocycles. The Bertz CT molecular complexity index is 891. The van der Waals surface area contributed by atoms with E-state index in [1.807, 2.05) is 37.3 Å². The Hall–Kier alpha value is -1.70. The lowest BCUT2D eigenvalue weighted by atomic mass is 9.80. The van der Waals surface area contributed by atoms with Gasteiger partial charge in [-0.15, -0.1) is 0 Å². The summed E-state index contributed by atoms with van der Waals surface area (Å²) < 4.78 is 27.9. The van der Waals surface area contributed by atoms with Gasteiger partial charge in [0, 0.05) is 29.5 Å². The highest BCUT2D eigenvalue weighted by Gasteiger charge is 2.40. The fourth-order valence-electron chi connectivity index (χ4n) is 3.19. The second-order valence-corrected chi connectivity index (χ2v) is 9.94. The Kier molecular flexibility index (Phi) is 6.03. The highest BCUT2D eigenvalue weighted by Crippen LogP contribution is 2.33. The van der Waals surface area contributed by atoms with Gasteiger partial charge in [0.2, 0.25) is 15.9 Å². The molecule has 1 heterocycles. The van der Waals surface area contributed by atoms with E-state index in [1.165, 1.54) is 4.31 Å². The van der Waals surface area contributed by atoms with E-state index in [1.54, 1.807) is 24.3 Å². The van der Waals surface area contributed by atoms with E-state index in [0.717, 1.165) is 10.0 Å². The fraction of sp³-hybridized carbons (Fsp3) is 0.350. The van der Waals surface area contributed by atoms with Crippen molar-refractivity contribution < 1.29 is 13.2 Å². The van der Waals surface area contributed by atoms with Gasteiger partial charge in [0.05, 0.1) is 4.90 Å². The SMILES string of the molecule is CC1(C(=O)NCc2ccccc2)CCN(S(=O)(=O)c2ccc(Br)cc2)CC1. The summed E-state index contributed by atoms with van der Waals surface area (Å²) in [6, 6.07) is 16.4. The molecule has 0 aromatic heterocycles. The van der Waals surface area contributed by atoms with E-state index in [2.05, 4.69) is 21.2 Å². The van der Waals surface area contributed by atoms with Crippen molar-refractivity contribution in [2.45, 2.75) is 31.2 Å². The average Bonchev–Trinajstić information content (AvgIpc) is 2.67. The smallest absolute Gasteiger partial charge is 0.243 e. The lowest BCUT2D eigenvalue weighted by Crippen LogP contribution is -2.48. The van der Waals surface area contributed by atoms with Gasteiger partial charge in [-0.3, -0.25) is 4.79 Å². The maximum absolute atomic E-state index is 12.8. The van der Waals surface area contributed by atoms with E-state index in [0.29, 0.717) is 32.5 Å². The van der Waals surface area contributed by atoms with Crippen LogP contribution in [0.2, 0.25) is 0 Å². The zero-order valence-electron chi connectivity index (χ0n) is 15.2. The molecule has 5 nitrogen and oxygen atoms in total. The summed E-state index contributed by atoms with van der Waals surface area (Å²) in [5.74, 6) is -0.0213. The molecule has 1 aliphatic rings. The molecule has 0 spiro atoms. The number of carbonyl (C=O) groups is 1. The lowest BCUT2D eigenvalue weighted by molar-refractivity contribution is -0.132. The third-order valence-corrected chi connectivity index (χ3v) is 7.56. The largest absolute Gasteiger partial charge is 0.352 e. The molecule has 1 aliphatic heterocycles. The van der Waals surface area contributed by atoms with Crippen molar-refractivity contribution in [1.29, 1.82) is 0 Å². The van der Waals surface area contributed by atoms with Crippen LogP contribution in [0.25, 0.3) is 0 Å². The van der Waals surface area contributed by atoms with Crippen LogP contribution in [0.4, 0.5) is 0 Å². The van der Waals surface area contributed by atoms with E-state index >= 15 is 0 Å². The first-order valence-corrected chi connectivity index (χ1v) is 11.1. The van der Waals surface area contributed by atoms with Crippen molar-refractivity contribution in [3.63, 3.8) is 0 Å². The number of hydrogen-bond donors (Lipinski definition) is 1. The Labute approximate surface area is 169 Å². The zero-order valence-corrected chi connectivity index (χ0v) is 17.6. The molecular formula is C20H23BrN2O3S. The van der Waals surface area contributed by atoms with Gasteiger partial charge in [0.1, 0.15) is 0 Å². The molecule has 0 saturated carbocycles. The second kappa shape index (κ2) is 8.12.